The number of ether oxygens (including phenoxy) is 1. The number of halogens is 4. The predicted molar refractivity (Wildman–Crippen MR) is 114 cm³/mol. The van der Waals surface area contributed by atoms with E-state index < -0.39 is 23.5 Å². The van der Waals surface area contributed by atoms with E-state index in [2.05, 4.69) is 15.3 Å². The van der Waals surface area contributed by atoms with Crippen LogP contribution in [0.15, 0.2) is 72.4 Å². The number of carbonyl (C=O) groups excluding carboxylic acids is 1. The molecule has 2 heterocycles. The molecule has 0 aliphatic rings. The second-order valence-electron chi connectivity index (χ2n) is 6.82. The van der Waals surface area contributed by atoms with E-state index >= 15 is 0 Å². The van der Waals surface area contributed by atoms with Crippen LogP contribution in [-0.4, -0.2) is 15.9 Å². The number of nitrogens with one attached hydrogen (secondary N) is 1. The van der Waals surface area contributed by atoms with E-state index in [1.54, 1.807) is 17.6 Å². The molecule has 10 heteroatoms. The van der Waals surface area contributed by atoms with Crippen molar-refractivity contribution in [1.82, 2.24) is 15.3 Å². The van der Waals surface area contributed by atoms with Gasteiger partial charge in [0.05, 0.1) is 17.7 Å². The molecule has 0 bridgehead atoms. The van der Waals surface area contributed by atoms with Gasteiger partial charge in [-0.2, -0.15) is 13.2 Å². The maximum atomic E-state index is 13.9. The topological polar surface area (TPSA) is 64.1 Å². The van der Waals surface area contributed by atoms with Gasteiger partial charge in [-0.1, -0.05) is 18.2 Å². The maximum absolute atomic E-state index is 13.9. The van der Waals surface area contributed by atoms with Crippen molar-refractivity contribution in [3.8, 4) is 22.8 Å². The number of pyridine rings is 1. The number of aromatic nitrogens is 2. The smallest absolute Gasteiger partial charge is 0.416 e. The molecule has 0 unspecified atom stereocenters. The summed E-state index contributed by atoms with van der Waals surface area (Å²) in [5.41, 5.74) is -0.124. The lowest BCUT2D eigenvalue weighted by Gasteiger charge is -2.14. The zero-order chi connectivity index (χ0) is 23.4. The highest BCUT2D eigenvalue weighted by Crippen LogP contribution is 2.35. The van der Waals surface area contributed by atoms with Gasteiger partial charge in [0.2, 0.25) is 5.88 Å². The van der Waals surface area contributed by atoms with E-state index in [1.807, 2.05) is 0 Å². The molecule has 2 aromatic heterocycles. The van der Waals surface area contributed by atoms with Gasteiger partial charge in [0.1, 0.15) is 16.6 Å². The lowest BCUT2D eigenvalue weighted by Crippen LogP contribution is -2.23. The summed E-state index contributed by atoms with van der Waals surface area (Å²) in [6.45, 7) is 0.217. The number of rotatable bonds is 6. The number of amides is 1. The molecule has 0 aliphatic carbocycles. The van der Waals surface area contributed by atoms with Gasteiger partial charge in [-0.15, -0.1) is 11.3 Å². The van der Waals surface area contributed by atoms with Gasteiger partial charge in [-0.3, -0.25) is 4.79 Å². The van der Waals surface area contributed by atoms with Gasteiger partial charge in [-0.05, 0) is 42.0 Å². The second-order valence-corrected chi connectivity index (χ2v) is 7.80. The van der Waals surface area contributed by atoms with Crippen molar-refractivity contribution in [2.24, 2.45) is 0 Å². The van der Waals surface area contributed by atoms with Crippen LogP contribution in [0.3, 0.4) is 0 Å². The molecule has 4 aromatic rings. The first-order valence-electron chi connectivity index (χ1n) is 9.57. The number of alkyl halides is 3. The second kappa shape index (κ2) is 9.37. The minimum Gasteiger partial charge on any atom is -0.438 e. The predicted octanol–water partition coefficient (Wildman–Crippen LogP) is 6.09. The Morgan fingerprint density at radius 1 is 1.06 bits per heavy atom. The summed E-state index contributed by atoms with van der Waals surface area (Å²) < 4.78 is 58.6. The van der Waals surface area contributed by atoms with Crippen molar-refractivity contribution >= 4 is 17.2 Å². The van der Waals surface area contributed by atoms with Crippen molar-refractivity contribution in [3.63, 3.8) is 0 Å². The minimum atomic E-state index is -4.54. The third-order valence-corrected chi connectivity index (χ3v) is 5.29. The van der Waals surface area contributed by atoms with E-state index in [0.29, 0.717) is 10.6 Å². The van der Waals surface area contributed by atoms with Crippen LogP contribution < -0.4 is 10.1 Å². The van der Waals surface area contributed by atoms with Crippen molar-refractivity contribution in [1.29, 1.82) is 0 Å². The SMILES string of the molecule is O=C(NCc1nccs1)c1cnc(Oc2cccc(C(F)(F)F)c2)c(-c2cccc(F)c2)c1. The largest absolute Gasteiger partial charge is 0.438 e. The molecule has 0 radical (unpaired) electrons. The number of nitrogens with zero attached hydrogens (tertiary/aromatic N) is 2. The fraction of sp³-hybridized carbons (Fsp3) is 0.0870. The number of hydrogen-bond donors (Lipinski definition) is 1. The van der Waals surface area contributed by atoms with E-state index in [0.717, 1.165) is 12.1 Å². The van der Waals surface area contributed by atoms with Gasteiger partial charge in [0.15, 0.2) is 0 Å². The first-order valence-corrected chi connectivity index (χ1v) is 10.5. The fourth-order valence-electron chi connectivity index (χ4n) is 2.97. The first-order chi connectivity index (χ1) is 15.8. The summed E-state index contributed by atoms with van der Waals surface area (Å²) in [6.07, 6.45) is -1.68. The normalized spacial score (nSPS) is 11.3. The van der Waals surface area contributed by atoms with Crippen molar-refractivity contribution in [2.45, 2.75) is 12.7 Å². The molecule has 0 atom stereocenters. The Balaban J connectivity index is 1.67. The summed E-state index contributed by atoms with van der Waals surface area (Å²) in [4.78, 5) is 20.8. The van der Waals surface area contributed by atoms with Gasteiger partial charge in [0, 0.05) is 23.3 Å². The van der Waals surface area contributed by atoms with Crippen molar-refractivity contribution in [3.05, 3.63) is 94.3 Å². The highest BCUT2D eigenvalue weighted by molar-refractivity contribution is 7.09. The molecule has 0 aliphatic heterocycles. The van der Waals surface area contributed by atoms with Crippen molar-refractivity contribution < 1.29 is 27.1 Å². The molecule has 2 aromatic carbocycles. The Labute approximate surface area is 189 Å². The lowest BCUT2D eigenvalue weighted by molar-refractivity contribution is -0.137. The number of carbonyl (C=O) groups is 1. The van der Waals surface area contributed by atoms with Gasteiger partial charge in [0.25, 0.3) is 5.91 Å². The molecule has 168 valence electrons. The van der Waals surface area contributed by atoms with Crippen LogP contribution in [0.25, 0.3) is 11.1 Å². The van der Waals surface area contributed by atoms with Crippen LogP contribution in [0.2, 0.25) is 0 Å². The summed E-state index contributed by atoms with van der Waals surface area (Å²) in [5.74, 6) is -1.15. The fourth-order valence-corrected chi connectivity index (χ4v) is 3.52. The molecule has 4 rings (SSSR count). The Kier molecular flexibility index (Phi) is 6.36. The highest BCUT2D eigenvalue weighted by atomic mass is 32.1. The average molecular weight is 473 g/mol. The lowest BCUT2D eigenvalue weighted by atomic mass is 10.0. The van der Waals surface area contributed by atoms with Crippen molar-refractivity contribution in [2.75, 3.05) is 0 Å². The highest BCUT2D eigenvalue weighted by Gasteiger charge is 2.30. The standard InChI is InChI=1S/C23H15F4N3O2S/c24-17-5-1-3-14(9-17)19-10-15(21(31)29-13-20-28-7-8-33-20)12-30-22(19)32-18-6-2-4-16(11-18)23(25,26)27/h1-12H,13H2,(H,29,31). The summed E-state index contributed by atoms with van der Waals surface area (Å²) in [7, 11) is 0. The summed E-state index contributed by atoms with van der Waals surface area (Å²) >= 11 is 1.39. The quantitative estimate of drug-likeness (QED) is 0.345. The third-order valence-electron chi connectivity index (χ3n) is 4.51. The van der Waals surface area contributed by atoms with Crippen LogP contribution in [0.4, 0.5) is 17.6 Å². The molecule has 33 heavy (non-hydrogen) atoms. The van der Waals surface area contributed by atoms with Crippen LogP contribution >= 0.6 is 11.3 Å². The van der Waals surface area contributed by atoms with Gasteiger partial charge in [-0.25, -0.2) is 14.4 Å². The number of benzene rings is 2. The van der Waals surface area contributed by atoms with Crippen LogP contribution in [0.1, 0.15) is 20.9 Å². The van der Waals surface area contributed by atoms with Crippen LogP contribution in [0, 0.1) is 5.82 Å². The Hall–Kier alpha value is -3.79. The molecule has 0 saturated heterocycles. The number of thiazole rings is 1. The van der Waals surface area contributed by atoms with Crippen LogP contribution in [0.5, 0.6) is 11.6 Å². The zero-order valence-electron chi connectivity index (χ0n) is 16.8. The van der Waals surface area contributed by atoms with Crippen LogP contribution in [-0.2, 0) is 12.7 Å². The molecular weight excluding hydrogens is 458 g/mol. The first kappa shape index (κ1) is 22.4. The van der Waals surface area contributed by atoms with E-state index in [9.17, 15) is 22.4 Å². The molecule has 0 spiro atoms. The number of hydrogen-bond acceptors (Lipinski definition) is 5. The molecule has 5 nitrogen and oxygen atoms in total. The Morgan fingerprint density at radius 2 is 1.88 bits per heavy atom. The van der Waals surface area contributed by atoms with E-state index in [4.69, 9.17) is 4.74 Å². The molecule has 0 saturated carbocycles. The monoisotopic (exact) mass is 473 g/mol. The zero-order valence-corrected chi connectivity index (χ0v) is 17.6. The maximum Gasteiger partial charge on any atom is 0.416 e. The minimum absolute atomic E-state index is 0.0728. The molecular formula is C23H15F4N3O2S. The van der Waals surface area contributed by atoms with E-state index in [-0.39, 0.29) is 29.3 Å². The summed E-state index contributed by atoms with van der Waals surface area (Å²) in [6, 6.07) is 11.3. The molecule has 1 amide bonds. The van der Waals surface area contributed by atoms with Gasteiger partial charge < -0.3 is 10.1 Å². The Morgan fingerprint density at radius 3 is 2.61 bits per heavy atom. The molecule has 0 fully saturated rings. The summed E-state index contributed by atoms with van der Waals surface area (Å²) in [5, 5.41) is 5.21. The third kappa shape index (κ3) is 5.53. The van der Waals surface area contributed by atoms with E-state index in [1.165, 1.54) is 53.9 Å². The average Bonchev–Trinajstić information content (AvgIpc) is 3.31. The molecule has 1 N–H and O–H groups in total. The van der Waals surface area contributed by atoms with Gasteiger partial charge >= 0.3 is 6.18 Å². The Bertz CT molecular complexity index is 1280.